The SMILES string of the molecule is CCN(CC)c1ccc(S(=O)(=O)N2CCCC2)cc1N. The monoisotopic (exact) mass is 297 g/mol. The average molecular weight is 297 g/mol. The molecule has 0 radical (unpaired) electrons. The fourth-order valence-electron chi connectivity index (χ4n) is 2.62. The third-order valence-corrected chi connectivity index (χ3v) is 5.70. The zero-order valence-electron chi connectivity index (χ0n) is 12.2. The Morgan fingerprint density at radius 2 is 1.80 bits per heavy atom. The smallest absolute Gasteiger partial charge is 0.243 e. The van der Waals surface area contributed by atoms with Crippen LogP contribution in [-0.4, -0.2) is 38.9 Å². The van der Waals surface area contributed by atoms with E-state index >= 15 is 0 Å². The van der Waals surface area contributed by atoms with Gasteiger partial charge in [0, 0.05) is 26.2 Å². The molecule has 1 saturated heterocycles. The van der Waals surface area contributed by atoms with Crippen molar-refractivity contribution in [1.82, 2.24) is 4.31 Å². The molecular formula is C14H23N3O2S. The van der Waals surface area contributed by atoms with Crippen LogP contribution in [0.1, 0.15) is 26.7 Å². The largest absolute Gasteiger partial charge is 0.397 e. The number of sulfonamides is 1. The van der Waals surface area contributed by atoms with E-state index in [0.29, 0.717) is 23.7 Å². The molecular weight excluding hydrogens is 274 g/mol. The summed E-state index contributed by atoms with van der Waals surface area (Å²) in [7, 11) is -3.38. The van der Waals surface area contributed by atoms with Crippen molar-refractivity contribution in [2.45, 2.75) is 31.6 Å². The van der Waals surface area contributed by atoms with E-state index in [1.165, 1.54) is 0 Å². The van der Waals surface area contributed by atoms with Crippen LogP contribution in [0.5, 0.6) is 0 Å². The number of hydrogen-bond acceptors (Lipinski definition) is 4. The molecule has 0 atom stereocenters. The maximum Gasteiger partial charge on any atom is 0.243 e. The number of rotatable bonds is 5. The van der Waals surface area contributed by atoms with E-state index in [1.807, 2.05) is 6.07 Å². The Balaban J connectivity index is 2.33. The molecule has 0 aromatic heterocycles. The fourth-order valence-corrected chi connectivity index (χ4v) is 4.18. The van der Waals surface area contributed by atoms with Crippen LogP contribution in [0.25, 0.3) is 0 Å². The number of hydrogen-bond donors (Lipinski definition) is 1. The van der Waals surface area contributed by atoms with Crippen LogP contribution in [0.15, 0.2) is 23.1 Å². The lowest BCUT2D eigenvalue weighted by atomic mass is 10.2. The highest BCUT2D eigenvalue weighted by Crippen LogP contribution is 2.28. The summed E-state index contributed by atoms with van der Waals surface area (Å²) in [5.74, 6) is 0. The van der Waals surface area contributed by atoms with Crippen LogP contribution in [0.2, 0.25) is 0 Å². The van der Waals surface area contributed by atoms with Crippen LogP contribution < -0.4 is 10.6 Å². The van der Waals surface area contributed by atoms with E-state index in [0.717, 1.165) is 31.6 Å². The fraction of sp³-hybridized carbons (Fsp3) is 0.571. The number of nitrogen functional groups attached to an aromatic ring is 1. The van der Waals surface area contributed by atoms with E-state index in [2.05, 4.69) is 18.7 Å². The molecule has 2 rings (SSSR count). The van der Waals surface area contributed by atoms with Gasteiger partial charge in [0.2, 0.25) is 10.0 Å². The minimum atomic E-state index is -3.38. The molecule has 0 amide bonds. The van der Waals surface area contributed by atoms with E-state index in [1.54, 1.807) is 16.4 Å². The van der Waals surface area contributed by atoms with Crippen molar-refractivity contribution in [1.29, 1.82) is 0 Å². The molecule has 6 heteroatoms. The van der Waals surface area contributed by atoms with Gasteiger partial charge in [0.05, 0.1) is 16.3 Å². The summed E-state index contributed by atoms with van der Waals surface area (Å²) in [6.45, 7) is 7.02. The Morgan fingerprint density at radius 3 is 2.30 bits per heavy atom. The quantitative estimate of drug-likeness (QED) is 0.843. The Labute approximate surface area is 121 Å². The van der Waals surface area contributed by atoms with E-state index < -0.39 is 10.0 Å². The second kappa shape index (κ2) is 6.01. The maximum absolute atomic E-state index is 12.5. The Hall–Kier alpha value is -1.27. The van der Waals surface area contributed by atoms with Gasteiger partial charge in [0.15, 0.2) is 0 Å². The van der Waals surface area contributed by atoms with Crippen LogP contribution in [0.3, 0.4) is 0 Å². The van der Waals surface area contributed by atoms with Gasteiger partial charge in [-0.15, -0.1) is 0 Å². The van der Waals surface area contributed by atoms with Crippen LogP contribution in [0, 0.1) is 0 Å². The molecule has 1 aromatic rings. The summed E-state index contributed by atoms with van der Waals surface area (Å²) >= 11 is 0. The van der Waals surface area contributed by atoms with Gasteiger partial charge in [-0.1, -0.05) is 0 Å². The molecule has 1 fully saturated rings. The molecule has 1 aliphatic heterocycles. The number of nitrogens with two attached hydrogens (primary N) is 1. The second-order valence-electron chi connectivity index (χ2n) is 5.00. The molecule has 20 heavy (non-hydrogen) atoms. The summed E-state index contributed by atoms with van der Waals surface area (Å²) in [4.78, 5) is 2.41. The summed E-state index contributed by atoms with van der Waals surface area (Å²) in [6.07, 6.45) is 1.87. The van der Waals surface area contributed by atoms with Crippen LogP contribution >= 0.6 is 0 Å². The molecule has 0 unspecified atom stereocenters. The minimum absolute atomic E-state index is 0.299. The molecule has 5 nitrogen and oxygen atoms in total. The van der Waals surface area contributed by atoms with Crippen molar-refractivity contribution in [2.24, 2.45) is 0 Å². The highest BCUT2D eigenvalue weighted by atomic mass is 32.2. The maximum atomic E-state index is 12.5. The predicted molar refractivity (Wildman–Crippen MR) is 82.4 cm³/mol. The summed E-state index contributed by atoms with van der Waals surface area (Å²) in [5, 5.41) is 0. The molecule has 0 saturated carbocycles. The Kier molecular flexibility index (Phi) is 4.55. The zero-order valence-corrected chi connectivity index (χ0v) is 13.0. The number of anilines is 2. The van der Waals surface area contributed by atoms with Gasteiger partial charge in [-0.05, 0) is 44.9 Å². The van der Waals surface area contributed by atoms with Crippen LogP contribution in [-0.2, 0) is 10.0 Å². The standard InChI is InChI=1S/C14H23N3O2S/c1-3-16(4-2)14-8-7-12(11-13(14)15)20(18,19)17-9-5-6-10-17/h7-8,11H,3-6,9-10,15H2,1-2H3. The van der Waals surface area contributed by atoms with Crippen molar-refractivity contribution in [3.63, 3.8) is 0 Å². The topological polar surface area (TPSA) is 66.6 Å². The lowest BCUT2D eigenvalue weighted by molar-refractivity contribution is 0.477. The van der Waals surface area contributed by atoms with Gasteiger partial charge in [0.1, 0.15) is 0 Å². The first-order valence-electron chi connectivity index (χ1n) is 7.15. The first-order chi connectivity index (χ1) is 9.50. The summed E-state index contributed by atoms with van der Waals surface area (Å²) < 4.78 is 26.5. The molecule has 1 heterocycles. The van der Waals surface area contributed by atoms with Crippen molar-refractivity contribution in [2.75, 3.05) is 36.8 Å². The van der Waals surface area contributed by atoms with Gasteiger partial charge < -0.3 is 10.6 Å². The molecule has 0 aliphatic carbocycles. The highest BCUT2D eigenvalue weighted by molar-refractivity contribution is 7.89. The normalized spacial score (nSPS) is 16.5. The third-order valence-electron chi connectivity index (χ3n) is 3.81. The lowest BCUT2D eigenvalue weighted by Crippen LogP contribution is -2.28. The Bertz CT molecular complexity index is 562. The minimum Gasteiger partial charge on any atom is -0.397 e. The van der Waals surface area contributed by atoms with Crippen molar-refractivity contribution in [3.8, 4) is 0 Å². The summed E-state index contributed by atoms with van der Waals surface area (Å²) in [6, 6.07) is 5.06. The molecule has 0 bridgehead atoms. The number of benzene rings is 1. The highest BCUT2D eigenvalue weighted by Gasteiger charge is 2.27. The van der Waals surface area contributed by atoms with Gasteiger partial charge in [-0.25, -0.2) is 8.42 Å². The van der Waals surface area contributed by atoms with E-state index in [-0.39, 0.29) is 0 Å². The van der Waals surface area contributed by atoms with Gasteiger partial charge >= 0.3 is 0 Å². The zero-order chi connectivity index (χ0) is 14.8. The molecule has 1 aromatic carbocycles. The number of nitrogens with zero attached hydrogens (tertiary/aromatic N) is 2. The predicted octanol–water partition coefficient (Wildman–Crippen LogP) is 1.90. The average Bonchev–Trinajstić information content (AvgIpc) is 2.96. The van der Waals surface area contributed by atoms with Crippen molar-refractivity contribution >= 4 is 21.4 Å². The van der Waals surface area contributed by atoms with Crippen molar-refractivity contribution < 1.29 is 8.42 Å². The van der Waals surface area contributed by atoms with Gasteiger partial charge in [-0.2, -0.15) is 4.31 Å². The Morgan fingerprint density at radius 1 is 1.20 bits per heavy atom. The van der Waals surface area contributed by atoms with E-state index in [9.17, 15) is 8.42 Å². The first-order valence-corrected chi connectivity index (χ1v) is 8.59. The lowest BCUT2D eigenvalue weighted by Gasteiger charge is -2.23. The molecule has 112 valence electrons. The van der Waals surface area contributed by atoms with Crippen molar-refractivity contribution in [3.05, 3.63) is 18.2 Å². The second-order valence-corrected chi connectivity index (χ2v) is 6.94. The third kappa shape index (κ3) is 2.76. The molecule has 1 aliphatic rings. The molecule has 0 spiro atoms. The van der Waals surface area contributed by atoms with Crippen LogP contribution in [0.4, 0.5) is 11.4 Å². The van der Waals surface area contributed by atoms with E-state index in [4.69, 9.17) is 5.73 Å². The van der Waals surface area contributed by atoms with Gasteiger partial charge in [-0.3, -0.25) is 0 Å². The first kappa shape index (κ1) is 15.1. The summed E-state index contributed by atoms with van der Waals surface area (Å²) in [5.41, 5.74) is 7.46. The molecule has 2 N–H and O–H groups in total. The van der Waals surface area contributed by atoms with Gasteiger partial charge in [0.25, 0.3) is 0 Å².